The molecule has 2 saturated carbocycles. The molecule has 27 heavy (non-hydrogen) atoms. The number of carbonyl (C=O) groups is 1. The van der Waals surface area contributed by atoms with Crippen molar-refractivity contribution in [2.45, 2.75) is 37.9 Å². The number of nitrogens with zero attached hydrogens (tertiary/aromatic N) is 1. The minimum Gasteiger partial charge on any atom is -0.352 e. The Kier molecular flexibility index (Phi) is 5.37. The number of anilines is 1. The van der Waals surface area contributed by atoms with Crippen LogP contribution in [0.3, 0.4) is 0 Å². The summed E-state index contributed by atoms with van der Waals surface area (Å²) in [5.41, 5.74) is -1.40. The molecule has 2 fully saturated rings. The van der Waals surface area contributed by atoms with Gasteiger partial charge in [-0.3, -0.25) is 9.10 Å². The highest BCUT2D eigenvalue weighted by Gasteiger charge is 2.40. The number of benzene rings is 1. The summed E-state index contributed by atoms with van der Waals surface area (Å²) in [6.07, 6.45) is 0.234. The normalized spacial score (nSPS) is 24.9. The lowest BCUT2D eigenvalue weighted by Crippen LogP contribution is -2.45. The summed E-state index contributed by atoms with van der Waals surface area (Å²) in [4.78, 5) is 12.4. The van der Waals surface area contributed by atoms with Crippen molar-refractivity contribution in [3.63, 3.8) is 0 Å². The minimum atomic E-state index is -4.73. The van der Waals surface area contributed by atoms with Gasteiger partial charge in [-0.15, -0.1) is 0 Å². The number of sulfonamides is 1. The van der Waals surface area contributed by atoms with E-state index in [4.69, 9.17) is 11.6 Å². The molecule has 3 atom stereocenters. The van der Waals surface area contributed by atoms with Gasteiger partial charge in [-0.05, 0) is 49.3 Å². The molecule has 1 aromatic rings. The van der Waals surface area contributed by atoms with Crippen molar-refractivity contribution in [1.29, 1.82) is 0 Å². The van der Waals surface area contributed by atoms with E-state index in [1.54, 1.807) is 0 Å². The highest BCUT2D eigenvalue weighted by atomic mass is 35.5. The van der Waals surface area contributed by atoms with Gasteiger partial charge in [-0.1, -0.05) is 18.0 Å². The van der Waals surface area contributed by atoms with Gasteiger partial charge < -0.3 is 5.32 Å². The fourth-order valence-electron chi connectivity index (χ4n) is 4.09. The predicted molar refractivity (Wildman–Crippen MR) is 96.0 cm³/mol. The molecule has 1 N–H and O–H groups in total. The second kappa shape index (κ2) is 7.16. The van der Waals surface area contributed by atoms with Crippen LogP contribution in [0.15, 0.2) is 18.2 Å². The van der Waals surface area contributed by atoms with Gasteiger partial charge >= 0.3 is 6.18 Å². The first kappa shape index (κ1) is 20.3. The lowest BCUT2D eigenvalue weighted by atomic mass is 9.95. The lowest BCUT2D eigenvalue weighted by Gasteiger charge is -2.26. The van der Waals surface area contributed by atoms with Gasteiger partial charge in [-0.25, -0.2) is 8.42 Å². The van der Waals surface area contributed by atoms with Gasteiger partial charge in [-0.2, -0.15) is 13.2 Å². The van der Waals surface area contributed by atoms with Crippen molar-refractivity contribution in [3.8, 4) is 0 Å². The molecular formula is C17H20ClF3N2O3S. The summed E-state index contributed by atoms with van der Waals surface area (Å²) in [6.45, 7) is -0.578. The summed E-state index contributed by atoms with van der Waals surface area (Å²) in [7, 11) is -3.97. The Morgan fingerprint density at radius 2 is 2.00 bits per heavy atom. The largest absolute Gasteiger partial charge is 0.417 e. The SMILES string of the molecule is CS(=O)(=O)N(CC(=O)N[C@H]1C[C@@H]2CC[C@H]1C2)c1ccc(Cl)c(C(F)(F)F)c1. The molecule has 1 amide bonds. The van der Waals surface area contributed by atoms with Crippen molar-refractivity contribution < 1.29 is 26.4 Å². The number of fused-ring (bicyclic) bond motifs is 2. The molecule has 0 heterocycles. The van der Waals surface area contributed by atoms with Crippen molar-refractivity contribution in [2.24, 2.45) is 11.8 Å². The first-order valence-electron chi connectivity index (χ1n) is 8.59. The first-order chi connectivity index (χ1) is 12.4. The molecule has 2 aliphatic carbocycles. The van der Waals surface area contributed by atoms with Crippen molar-refractivity contribution in [1.82, 2.24) is 5.32 Å². The van der Waals surface area contributed by atoms with Crippen LogP contribution in [0.5, 0.6) is 0 Å². The molecule has 2 aliphatic rings. The maximum Gasteiger partial charge on any atom is 0.417 e. The van der Waals surface area contributed by atoms with Crippen LogP contribution in [-0.2, 0) is 21.0 Å². The van der Waals surface area contributed by atoms with Crippen molar-refractivity contribution in [3.05, 3.63) is 28.8 Å². The number of amides is 1. The number of rotatable bonds is 5. The molecule has 5 nitrogen and oxygen atoms in total. The highest BCUT2D eigenvalue weighted by molar-refractivity contribution is 7.92. The Labute approximate surface area is 160 Å². The van der Waals surface area contributed by atoms with Crippen LogP contribution in [0.25, 0.3) is 0 Å². The van der Waals surface area contributed by atoms with Crippen molar-refractivity contribution >= 4 is 33.2 Å². The quantitative estimate of drug-likeness (QED) is 0.787. The van der Waals surface area contributed by atoms with Crippen LogP contribution in [0.4, 0.5) is 18.9 Å². The summed E-state index contributed by atoms with van der Waals surface area (Å²) in [6, 6.07) is 2.79. The molecule has 0 aliphatic heterocycles. The van der Waals surface area contributed by atoms with E-state index >= 15 is 0 Å². The van der Waals surface area contributed by atoms with Crippen LogP contribution in [-0.4, -0.2) is 33.2 Å². The number of hydrogen-bond acceptors (Lipinski definition) is 3. The van der Waals surface area contributed by atoms with Crippen molar-refractivity contribution in [2.75, 3.05) is 17.1 Å². The van der Waals surface area contributed by atoms with Gasteiger partial charge in [0.1, 0.15) is 6.54 Å². The third-order valence-corrected chi connectivity index (χ3v) is 6.79. The third kappa shape index (κ3) is 4.51. The van der Waals surface area contributed by atoms with Crippen LogP contribution < -0.4 is 9.62 Å². The molecule has 3 rings (SSSR count). The summed E-state index contributed by atoms with van der Waals surface area (Å²) in [5.74, 6) is 0.469. The van der Waals surface area contributed by atoms with Crippen LogP contribution in [0.1, 0.15) is 31.2 Å². The van der Waals surface area contributed by atoms with Gasteiger partial charge in [0.15, 0.2) is 0 Å². The summed E-state index contributed by atoms with van der Waals surface area (Å²) in [5, 5.41) is 2.31. The molecule has 0 saturated heterocycles. The number of hydrogen-bond donors (Lipinski definition) is 1. The van der Waals surface area contributed by atoms with Crippen LogP contribution >= 0.6 is 11.6 Å². The number of carbonyl (C=O) groups excluding carboxylic acids is 1. The Balaban J connectivity index is 1.80. The highest BCUT2D eigenvalue weighted by Crippen LogP contribution is 2.44. The standard InChI is InChI=1S/C17H20ClF3N2O3S/c1-27(25,26)23(12-4-5-14(18)13(8-12)17(19,20)21)9-16(24)22-15-7-10-2-3-11(15)6-10/h4-5,8,10-11,15H,2-3,6-7,9H2,1H3,(H,22,24)/t10-,11+,15+/m1/s1. The Morgan fingerprint density at radius 1 is 1.30 bits per heavy atom. The van der Waals surface area contributed by atoms with Gasteiger partial charge in [0.05, 0.1) is 22.5 Å². The van der Waals surface area contributed by atoms with Gasteiger partial charge in [0.2, 0.25) is 15.9 Å². The summed E-state index contributed by atoms with van der Waals surface area (Å²) < 4.78 is 64.1. The zero-order chi connectivity index (χ0) is 20.0. The molecule has 0 radical (unpaired) electrons. The molecule has 1 aromatic carbocycles. The Bertz CT molecular complexity index is 844. The van der Waals surface area contributed by atoms with E-state index in [9.17, 15) is 26.4 Å². The van der Waals surface area contributed by atoms with E-state index in [0.717, 1.165) is 44.1 Å². The maximum atomic E-state index is 13.1. The number of nitrogens with one attached hydrogen (secondary N) is 1. The summed E-state index contributed by atoms with van der Waals surface area (Å²) >= 11 is 5.59. The van der Waals surface area contributed by atoms with E-state index in [1.807, 2.05) is 0 Å². The topological polar surface area (TPSA) is 66.5 Å². The molecule has 0 spiro atoms. The zero-order valence-corrected chi connectivity index (χ0v) is 16.2. The minimum absolute atomic E-state index is 0.00798. The fourth-order valence-corrected chi connectivity index (χ4v) is 5.16. The maximum absolute atomic E-state index is 13.1. The van der Waals surface area contributed by atoms with E-state index in [0.29, 0.717) is 22.2 Å². The Hall–Kier alpha value is -1.48. The smallest absolute Gasteiger partial charge is 0.352 e. The van der Waals surface area contributed by atoms with Crippen LogP contribution in [0, 0.1) is 11.8 Å². The van der Waals surface area contributed by atoms with E-state index in [2.05, 4.69) is 5.32 Å². The predicted octanol–water partition coefficient (Wildman–Crippen LogP) is 3.43. The zero-order valence-electron chi connectivity index (χ0n) is 14.6. The molecule has 10 heteroatoms. The van der Waals surface area contributed by atoms with E-state index < -0.39 is 39.2 Å². The van der Waals surface area contributed by atoms with Crippen LogP contribution in [0.2, 0.25) is 5.02 Å². The second-order valence-electron chi connectivity index (χ2n) is 7.28. The third-order valence-electron chi connectivity index (χ3n) is 5.32. The van der Waals surface area contributed by atoms with E-state index in [-0.39, 0.29) is 11.7 Å². The first-order valence-corrected chi connectivity index (χ1v) is 10.8. The molecule has 0 unspecified atom stereocenters. The number of halogens is 4. The average Bonchev–Trinajstić information content (AvgIpc) is 3.14. The Morgan fingerprint density at radius 3 is 2.52 bits per heavy atom. The second-order valence-corrected chi connectivity index (χ2v) is 9.59. The van der Waals surface area contributed by atoms with Gasteiger partial charge in [0.25, 0.3) is 0 Å². The van der Waals surface area contributed by atoms with E-state index in [1.165, 1.54) is 0 Å². The molecule has 2 bridgehead atoms. The average molecular weight is 425 g/mol. The molecule has 150 valence electrons. The fraction of sp³-hybridized carbons (Fsp3) is 0.588. The monoisotopic (exact) mass is 424 g/mol. The molecular weight excluding hydrogens is 405 g/mol. The molecule has 0 aromatic heterocycles. The number of alkyl halides is 3. The lowest BCUT2D eigenvalue weighted by molar-refractivity contribution is -0.137. The van der Waals surface area contributed by atoms with Gasteiger partial charge in [0, 0.05) is 6.04 Å².